The van der Waals surface area contributed by atoms with Gasteiger partial charge in [0.25, 0.3) is 11.8 Å². The predicted octanol–water partition coefficient (Wildman–Crippen LogP) is -0.765. The molecular weight excluding hydrogens is 670 g/mol. The number of nitrogens with zero attached hydrogens (tertiary/aromatic N) is 1. The molecule has 10 N–H and O–H groups in total. The zero-order chi connectivity index (χ0) is 34.8. The third-order valence-corrected chi connectivity index (χ3v) is 8.79. The van der Waals surface area contributed by atoms with Gasteiger partial charge < -0.3 is 37.0 Å². The zero-order valence-corrected chi connectivity index (χ0v) is 27.2. The number of carbonyl (C=O) groups is 7. The van der Waals surface area contributed by atoms with Gasteiger partial charge in [-0.1, -0.05) is 54.0 Å². The highest BCUT2D eigenvalue weighted by atomic mass is 35.5. The van der Waals surface area contributed by atoms with Gasteiger partial charge in [-0.05, 0) is 24.6 Å². The Labute approximate surface area is 275 Å². The Hall–Kier alpha value is -3.91. The van der Waals surface area contributed by atoms with Crippen LogP contribution in [0.3, 0.4) is 0 Å². The molecule has 2 unspecified atom stereocenters. The maximum Gasteiger partial charge on any atom is 0.322 e. The van der Waals surface area contributed by atoms with Gasteiger partial charge >= 0.3 is 11.9 Å². The molecule has 0 saturated heterocycles. The molecule has 0 spiro atoms. The van der Waals surface area contributed by atoms with Gasteiger partial charge in [0.15, 0.2) is 11.6 Å². The number of guanidine groups is 1. The van der Waals surface area contributed by atoms with Crippen LogP contribution in [-0.2, 0) is 24.0 Å². The van der Waals surface area contributed by atoms with Gasteiger partial charge in [-0.2, -0.15) is 0 Å². The van der Waals surface area contributed by atoms with E-state index in [0.29, 0.717) is 0 Å². The number of halogens is 1. The quantitative estimate of drug-likeness (QED) is 0.108. The number of rotatable bonds is 14. The van der Waals surface area contributed by atoms with Crippen LogP contribution in [0.4, 0.5) is 0 Å². The van der Waals surface area contributed by atoms with Crippen molar-refractivity contribution in [1.82, 2.24) is 26.6 Å². The van der Waals surface area contributed by atoms with Gasteiger partial charge in [0.05, 0.1) is 10.6 Å². The molecule has 0 saturated carbocycles. The lowest BCUT2D eigenvalue weighted by molar-refractivity contribution is -0.139. The molecule has 17 nitrogen and oxygen atoms in total. The van der Waals surface area contributed by atoms with E-state index < -0.39 is 77.1 Å². The molecule has 0 bridgehead atoms. The van der Waals surface area contributed by atoms with Crippen molar-refractivity contribution >= 4 is 80.6 Å². The van der Waals surface area contributed by atoms with Gasteiger partial charge in [0.1, 0.15) is 18.6 Å². The van der Waals surface area contributed by atoms with Crippen LogP contribution in [0, 0.1) is 5.41 Å². The minimum atomic E-state index is -1.32. The van der Waals surface area contributed by atoms with E-state index in [1.807, 2.05) is 0 Å². The number of aliphatic hydroxyl groups is 1. The number of carboxylic acid groups (broad SMARTS) is 2. The van der Waals surface area contributed by atoms with Crippen molar-refractivity contribution in [2.75, 3.05) is 12.3 Å². The van der Waals surface area contributed by atoms with Gasteiger partial charge in [-0.15, -0.1) is 0 Å². The SMILES string of the molecule is CC(C)(C)C(=O)NC(=O)c1ccc(Cl)c(C(=O)NC2=NC(SSC[C@H](NC(=O)CC[C@H](N)C(=O)O)C(=O)NCC(=O)O)C(O)N2)c1. The van der Waals surface area contributed by atoms with E-state index >= 15 is 0 Å². The molecule has 1 aliphatic heterocycles. The summed E-state index contributed by atoms with van der Waals surface area (Å²) in [5.74, 6) is -6.41. The number of aliphatic imine (C=N–C) groups is 1. The summed E-state index contributed by atoms with van der Waals surface area (Å²) in [4.78, 5) is 88.3. The molecule has 252 valence electrons. The second-order valence-electron chi connectivity index (χ2n) is 10.7. The molecule has 4 atom stereocenters. The fourth-order valence-corrected chi connectivity index (χ4v) is 5.91. The monoisotopic (exact) mass is 703 g/mol. The van der Waals surface area contributed by atoms with E-state index in [0.717, 1.165) is 21.6 Å². The topological polar surface area (TPSA) is 279 Å². The maximum absolute atomic E-state index is 12.9. The maximum atomic E-state index is 12.9. The Bertz CT molecular complexity index is 1410. The summed E-state index contributed by atoms with van der Waals surface area (Å²) in [5, 5.41) is 39.0. The average Bonchev–Trinajstić information content (AvgIpc) is 3.31. The molecule has 0 aromatic heterocycles. The minimum absolute atomic E-state index is 0.00268. The third kappa shape index (κ3) is 12.1. The molecule has 5 amide bonds. The first-order valence-corrected chi connectivity index (χ1v) is 16.2. The average molecular weight is 704 g/mol. The Morgan fingerprint density at radius 1 is 1.11 bits per heavy atom. The van der Waals surface area contributed by atoms with Crippen molar-refractivity contribution < 1.29 is 48.9 Å². The predicted molar refractivity (Wildman–Crippen MR) is 169 cm³/mol. The number of aliphatic hydroxyl groups excluding tert-OH is 1. The molecule has 20 heteroatoms. The molecule has 1 aromatic carbocycles. The molecule has 1 heterocycles. The molecule has 0 aliphatic carbocycles. The van der Waals surface area contributed by atoms with E-state index in [9.17, 15) is 38.7 Å². The lowest BCUT2D eigenvalue weighted by Gasteiger charge is -2.19. The summed E-state index contributed by atoms with van der Waals surface area (Å²) in [6.07, 6.45) is -1.80. The first-order chi connectivity index (χ1) is 21.4. The Balaban J connectivity index is 2.03. The molecule has 0 radical (unpaired) electrons. The number of nitrogens with two attached hydrogens (primary N) is 1. The molecule has 1 aromatic rings. The van der Waals surface area contributed by atoms with Crippen LogP contribution in [0.2, 0.25) is 5.02 Å². The lowest BCUT2D eigenvalue weighted by Crippen LogP contribution is -2.49. The van der Waals surface area contributed by atoms with Gasteiger partial charge in [-0.3, -0.25) is 44.2 Å². The minimum Gasteiger partial charge on any atom is -0.480 e. The van der Waals surface area contributed by atoms with Gasteiger partial charge in [-0.25, -0.2) is 4.99 Å². The Kier molecular flexibility index (Phi) is 14.3. The summed E-state index contributed by atoms with van der Waals surface area (Å²) < 4.78 is 0. The first kappa shape index (κ1) is 38.3. The van der Waals surface area contributed by atoms with Crippen LogP contribution in [0.15, 0.2) is 23.2 Å². The summed E-state index contributed by atoms with van der Waals surface area (Å²) in [6, 6.07) is 1.32. The van der Waals surface area contributed by atoms with Crippen LogP contribution < -0.4 is 32.3 Å². The van der Waals surface area contributed by atoms with E-state index in [1.165, 1.54) is 18.2 Å². The van der Waals surface area contributed by atoms with E-state index in [1.54, 1.807) is 20.8 Å². The fraction of sp³-hybridized carbons (Fsp3) is 0.462. The number of hydrogen-bond acceptors (Lipinski definition) is 13. The van der Waals surface area contributed by atoms with E-state index in [4.69, 9.17) is 27.5 Å². The van der Waals surface area contributed by atoms with Crippen molar-refractivity contribution in [2.24, 2.45) is 16.1 Å². The highest BCUT2D eigenvalue weighted by molar-refractivity contribution is 8.77. The highest BCUT2D eigenvalue weighted by Gasteiger charge is 2.31. The Morgan fingerprint density at radius 2 is 1.78 bits per heavy atom. The molecular formula is C26H34ClN7O10S2. The largest absolute Gasteiger partial charge is 0.480 e. The van der Waals surface area contributed by atoms with Crippen LogP contribution in [-0.4, -0.2) is 98.7 Å². The van der Waals surface area contributed by atoms with Crippen molar-refractivity contribution in [1.29, 1.82) is 0 Å². The smallest absolute Gasteiger partial charge is 0.322 e. The number of benzene rings is 1. The zero-order valence-electron chi connectivity index (χ0n) is 24.8. The first-order valence-electron chi connectivity index (χ1n) is 13.4. The van der Waals surface area contributed by atoms with Crippen LogP contribution in [0.1, 0.15) is 54.3 Å². The number of amides is 5. The number of nitrogens with one attached hydrogen (secondary N) is 5. The second kappa shape index (κ2) is 17.1. The fourth-order valence-electron chi connectivity index (χ4n) is 3.29. The van der Waals surface area contributed by atoms with Crippen LogP contribution >= 0.6 is 33.2 Å². The Morgan fingerprint density at radius 3 is 2.39 bits per heavy atom. The molecule has 2 rings (SSSR count). The van der Waals surface area contributed by atoms with E-state index in [2.05, 4.69) is 31.6 Å². The summed E-state index contributed by atoms with van der Waals surface area (Å²) in [6.45, 7) is 4.18. The van der Waals surface area contributed by atoms with Crippen molar-refractivity contribution in [3.63, 3.8) is 0 Å². The number of aliphatic carboxylic acids is 2. The normalized spacial score (nSPS) is 17.0. The van der Waals surface area contributed by atoms with Crippen molar-refractivity contribution in [3.8, 4) is 0 Å². The summed E-state index contributed by atoms with van der Waals surface area (Å²) >= 11 is 6.16. The molecule has 46 heavy (non-hydrogen) atoms. The second-order valence-corrected chi connectivity index (χ2v) is 13.7. The standard InChI is InChI=1S/C26H34ClN7O10S2/c1-26(2,3)24(44)31-18(38)11-4-5-13(27)12(8-11)19(39)32-25-33-21(41)22(34-25)46-45-10-15(20(40)29-9-17(36)37)30-16(35)7-6-14(28)23(42)43/h4-5,8,14-15,21-22,41H,6-7,9-10,28H2,1-3H3,(H,29,40)(H,30,35)(H,36,37)(H,42,43)(H,31,38,44)(H2,32,33,34,39)/t14-,15-,21?,22?/m0/s1. The van der Waals surface area contributed by atoms with Gasteiger partial charge in [0, 0.05) is 23.2 Å². The number of hydrogen-bond donors (Lipinski definition) is 9. The molecule has 0 fully saturated rings. The number of imide groups is 1. The van der Waals surface area contributed by atoms with E-state index in [-0.39, 0.29) is 40.7 Å². The highest BCUT2D eigenvalue weighted by Crippen LogP contribution is 2.31. The van der Waals surface area contributed by atoms with Gasteiger partial charge in [0.2, 0.25) is 23.7 Å². The number of carbonyl (C=O) groups excluding carboxylic acids is 5. The van der Waals surface area contributed by atoms with Crippen LogP contribution in [0.25, 0.3) is 0 Å². The van der Waals surface area contributed by atoms with Crippen molar-refractivity contribution in [3.05, 3.63) is 34.3 Å². The molecule has 1 aliphatic rings. The van der Waals surface area contributed by atoms with Crippen molar-refractivity contribution in [2.45, 2.75) is 57.3 Å². The third-order valence-electron chi connectivity index (χ3n) is 5.89. The van der Waals surface area contributed by atoms with Crippen LogP contribution in [0.5, 0.6) is 0 Å². The summed E-state index contributed by atoms with van der Waals surface area (Å²) in [5.41, 5.74) is 4.45. The lowest BCUT2D eigenvalue weighted by atomic mass is 9.95. The number of carboxylic acids is 2. The summed E-state index contributed by atoms with van der Waals surface area (Å²) in [7, 11) is 1.95.